The normalized spacial score (nSPS) is 11.0. The van der Waals surface area contributed by atoms with Crippen LogP contribution in [0.3, 0.4) is 0 Å². The van der Waals surface area contributed by atoms with Crippen LogP contribution in [0.5, 0.6) is 5.75 Å². The van der Waals surface area contributed by atoms with Gasteiger partial charge in [-0.2, -0.15) is 15.3 Å². The first-order valence-corrected chi connectivity index (χ1v) is 20.8. The van der Waals surface area contributed by atoms with Gasteiger partial charge in [0.25, 0.3) is 0 Å². The van der Waals surface area contributed by atoms with Crippen molar-refractivity contribution in [2.45, 2.75) is 6.42 Å². The van der Waals surface area contributed by atoms with E-state index in [2.05, 4.69) is 50.8 Å². The topological polar surface area (TPSA) is 267 Å². The summed E-state index contributed by atoms with van der Waals surface area (Å²) >= 11 is 5.77. The zero-order chi connectivity index (χ0) is 47.2. The standard InChI is InChI=1S/C11H11N3O.C10H8ClN3.2C10H9N3.C9H9N3/c1-15-9-4-2-8(3-5-9)10-6-7-11(12)14-13-10;11-8-3-1-7(2-4-8)9-5-6-10(12)14-13-9;11-9-6-10(13-12-7-9)8-4-2-1-3-5-8;11-10-12-6-9(7-13-10)8-4-2-1-3-5-8;10-9-6-8(11-12-9)7-4-2-1-3-5-7/h2-7H,1H3,(H2,12,14);1-6H,(H2,12,14);1-7H,(H2,11,13);1-7H,(H2,11,12,13);1-5H,6H2,(H2,10,12). The Morgan fingerprint density at radius 3 is 1.40 bits per heavy atom. The maximum atomic E-state index is 5.77. The lowest BCUT2D eigenvalue weighted by Crippen LogP contribution is -2.12. The van der Waals surface area contributed by atoms with Gasteiger partial charge in [0.1, 0.15) is 23.2 Å². The lowest BCUT2D eigenvalue weighted by Gasteiger charge is -2.02. The molecule has 334 valence electrons. The number of amidine groups is 1. The van der Waals surface area contributed by atoms with E-state index in [1.165, 1.54) is 6.20 Å². The molecule has 0 amide bonds. The second-order valence-electron chi connectivity index (χ2n) is 14.0. The van der Waals surface area contributed by atoms with Crippen molar-refractivity contribution in [1.29, 1.82) is 0 Å². The number of hydrogen-bond donors (Lipinski definition) is 5. The van der Waals surface area contributed by atoms with E-state index in [9.17, 15) is 0 Å². The highest BCUT2D eigenvalue weighted by atomic mass is 35.5. The molecule has 4 aromatic heterocycles. The summed E-state index contributed by atoms with van der Waals surface area (Å²) in [6.45, 7) is 0. The molecule has 5 aromatic carbocycles. The Bertz CT molecular complexity index is 2890. The number of anilines is 4. The minimum Gasteiger partial charge on any atom is -0.497 e. The van der Waals surface area contributed by atoms with Gasteiger partial charge in [0.2, 0.25) is 5.95 Å². The highest BCUT2D eigenvalue weighted by Crippen LogP contribution is 2.22. The largest absolute Gasteiger partial charge is 0.497 e. The molecule has 0 bridgehead atoms. The summed E-state index contributed by atoms with van der Waals surface area (Å²) in [6, 6.07) is 53.7. The molecule has 0 radical (unpaired) electrons. The third kappa shape index (κ3) is 15.3. The van der Waals surface area contributed by atoms with Gasteiger partial charge in [-0.25, -0.2) is 9.97 Å². The number of aromatic nitrogens is 8. The van der Waals surface area contributed by atoms with Crippen LogP contribution in [0, 0.1) is 0 Å². The molecule has 1 aliphatic heterocycles. The van der Waals surface area contributed by atoms with Gasteiger partial charge in [0.05, 0.1) is 48.2 Å². The Hall–Kier alpha value is -9.15. The van der Waals surface area contributed by atoms with E-state index in [1.54, 1.807) is 31.6 Å². The molecule has 10 rings (SSSR count). The number of methoxy groups -OCH3 is 1. The van der Waals surface area contributed by atoms with E-state index >= 15 is 0 Å². The molecule has 0 fully saturated rings. The molecule has 17 heteroatoms. The minimum absolute atomic E-state index is 0.305. The lowest BCUT2D eigenvalue weighted by atomic mass is 10.1. The quantitative estimate of drug-likeness (QED) is 0.104. The van der Waals surface area contributed by atoms with Crippen LogP contribution in [-0.2, 0) is 0 Å². The average Bonchev–Trinajstić information content (AvgIpc) is 3.83. The number of hydrogen-bond acceptors (Lipinski definition) is 16. The molecule has 16 nitrogen and oxygen atoms in total. The molecule has 0 atom stereocenters. The van der Waals surface area contributed by atoms with E-state index in [-0.39, 0.29) is 0 Å². The number of nitrogen functional groups attached to an aromatic ring is 4. The van der Waals surface area contributed by atoms with Gasteiger partial charge >= 0.3 is 0 Å². The summed E-state index contributed by atoms with van der Waals surface area (Å²) < 4.78 is 5.07. The van der Waals surface area contributed by atoms with Crippen molar-refractivity contribution >= 4 is 46.4 Å². The summed E-state index contributed by atoms with van der Waals surface area (Å²) in [5.74, 6) is 2.56. The van der Waals surface area contributed by atoms with E-state index < -0.39 is 0 Å². The van der Waals surface area contributed by atoms with Crippen molar-refractivity contribution in [3.63, 3.8) is 0 Å². The molecular formula is C50H46ClN15O. The molecule has 9 aromatic rings. The van der Waals surface area contributed by atoms with Crippen molar-refractivity contribution < 1.29 is 4.74 Å². The molecule has 67 heavy (non-hydrogen) atoms. The predicted octanol–water partition coefficient (Wildman–Crippen LogP) is 8.72. The number of nitrogens with zero attached hydrogens (tertiary/aromatic N) is 10. The van der Waals surface area contributed by atoms with Crippen LogP contribution in [0.1, 0.15) is 12.0 Å². The zero-order valence-corrected chi connectivity index (χ0v) is 37.0. The Morgan fingerprint density at radius 1 is 0.448 bits per heavy atom. The summed E-state index contributed by atoms with van der Waals surface area (Å²) in [4.78, 5) is 7.84. The van der Waals surface area contributed by atoms with Crippen molar-refractivity contribution in [2.75, 3.05) is 30.0 Å². The van der Waals surface area contributed by atoms with Gasteiger partial charge in [-0.1, -0.05) is 115 Å². The van der Waals surface area contributed by atoms with Crippen molar-refractivity contribution in [3.05, 3.63) is 199 Å². The smallest absolute Gasteiger partial charge is 0.219 e. The Labute approximate surface area is 392 Å². The Balaban J connectivity index is 0.000000138. The number of halogens is 1. The van der Waals surface area contributed by atoms with E-state index in [0.29, 0.717) is 40.6 Å². The van der Waals surface area contributed by atoms with Crippen LogP contribution in [0.2, 0.25) is 5.02 Å². The number of nitrogens with two attached hydrogens (primary N) is 5. The lowest BCUT2D eigenvalue weighted by molar-refractivity contribution is 0.415. The van der Waals surface area contributed by atoms with Gasteiger partial charge in [-0.3, -0.25) is 0 Å². The number of benzene rings is 5. The van der Waals surface area contributed by atoms with Crippen LogP contribution >= 0.6 is 11.6 Å². The van der Waals surface area contributed by atoms with Crippen molar-refractivity contribution in [2.24, 2.45) is 15.9 Å². The first kappa shape index (κ1) is 47.3. The van der Waals surface area contributed by atoms with Crippen molar-refractivity contribution in [1.82, 2.24) is 40.6 Å². The minimum atomic E-state index is 0.305. The summed E-state index contributed by atoms with van der Waals surface area (Å²) in [7, 11) is 1.64. The molecule has 10 N–H and O–H groups in total. The zero-order valence-electron chi connectivity index (χ0n) is 36.3. The molecule has 0 spiro atoms. The molecule has 0 aliphatic carbocycles. The highest BCUT2D eigenvalue weighted by Gasteiger charge is 2.10. The van der Waals surface area contributed by atoms with Gasteiger partial charge < -0.3 is 33.4 Å². The van der Waals surface area contributed by atoms with E-state index in [1.807, 2.05) is 158 Å². The van der Waals surface area contributed by atoms with E-state index in [0.717, 1.165) is 61.9 Å². The molecular weight excluding hydrogens is 862 g/mol. The Kier molecular flexibility index (Phi) is 17.4. The average molecular weight is 908 g/mol. The molecule has 0 saturated carbocycles. The summed E-state index contributed by atoms with van der Waals surface area (Å²) in [5, 5.41) is 31.7. The van der Waals surface area contributed by atoms with Gasteiger partial charge in [0.15, 0.2) is 0 Å². The summed E-state index contributed by atoms with van der Waals surface area (Å²) in [5.41, 5.74) is 37.5. The monoisotopic (exact) mass is 907 g/mol. The SMILES string of the molecule is COc1ccc(-c2ccc(N)nn2)cc1.NC1=NN=C(c2ccccc2)C1.Nc1ccc(-c2ccc(Cl)cc2)nn1.Nc1cnnc(-c2ccccc2)c1.Nc1ncc(-c2ccccc2)cn1. The first-order valence-electron chi connectivity index (χ1n) is 20.4. The maximum Gasteiger partial charge on any atom is 0.219 e. The second-order valence-corrected chi connectivity index (χ2v) is 14.5. The highest BCUT2D eigenvalue weighted by molar-refractivity contribution is 6.30. The fourth-order valence-corrected chi connectivity index (χ4v) is 5.91. The molecule has 5 heterocycles. The van der Waals surface area contributed by atoms with Crippen LogP contribution < -0.4 is 33.4 Å². The van der Waals surface area contributed by atoms with Gasteiger partial charge in [-0.15, -0.1) is 25.5 Å². The maximum absolute atomic E-state index is 5.77. The fourth-order valence-electron chi connectivity index (χ4n) is 5.78. The predicted molar refractivity (Wildman–Crippen MR) is 268 cm³/mol. The molecule has 0 unspecified atom stereocenters. The summed E-state index contributed by atoms with van der Waals surface area (Å²) in [6.07, 6.45) is 5.64. The second kappa shape index (κ2) is 24.6. The Morgan fingerprint density at radius 2 is 0.940 bits per heavy atom. The molecule has 1 aliphatic rings. The number of ether oxygens (including phenoxy) is 1. The van der Waals surface area contributed by atoms with E-state index in [4.69, 9.17) is 45.0 Å². The third-order valence-corrected chi connectivity index (χ3v) is 9.43. The van der Waals surface area contributed by atoms with Crippen LogP contribution in [0.15, 0.2) is 199 Å². The van der Waals surface area contributed by atoms with Gasteiger partial charge in [-0.05, 0) is 77.9 Å². The van der Waals surface area contributed by atoms with Crippen LogP contribution in [0.25, 0.3) is 44.9 Å². The fraction of sp³-hybridized carbons (Fsp3) is 0.0400. The number of rotatable bonds is 6. The first-order chi connectivity index (χ1) is 32.6. The van der Waals surface area contributed by atoms with Crippen molar-refractivity contribution in [3.8, 4) is 50.6 Å². The molecule has 0 saturated heterocycles. The van der Waals surface area contributed by atoms with Gasteiger partial charge in [0, 0.05) is 39.7 Å². The van der Waals surface area contributed by atoms with Crippen LogP contribution in [-0.4, -0.2) is 59.2 Å². The third-order valence-electron chi connectivity index (χ3n) is 9.17. The van der Waals surface area contributed by atoms with Crippen LogP contribution in [0.4, 0.5) is 23.3 Å².